The quantitative estimate of drug-likeness (QED) is 0.404. The molecule has 0 aliphatic rings. The number of nitrogens with two attached hydrogens (primary N) is 1. The first kappa shape index (κ1) is 17.6. The Hall–Kier alpha value is -3.25. The number of hydrogen-bond donors (Lipinski definition) is 2. The Balaban J connectivity index is 1.68. The van der Waals surface area contributed by atoms with E-state index in [0.717, 1.165) is 5.56 Å². The molecule has 3 N–H and O–H groups in total. The van der Waals surface area contributed by atoms with Crippen molar-refractivity contribution in [3.63, 3.8) is 0 Å². The van der Waals surface area contributed by atoms with Gasteiger partial charge in [0.1, 0.15) is 17.3 Å². The van der Waals surface area contributed by atoms with Crippen LogP contribution in [0.1, 0.15) is 16.1 Å². The van der Waals surface area contributed by atoms with Gasteiger partial charge in [0.15, 0.2) is 0 Å². The van der Waals surface area contributed by atoms with Crippen LogP contribution in [0.3, 0.4) is 0 Å². The van der Waals surface area contributed by atoms with Crippen LogP contribution < -0.4 is 15.9 Å². The number of carbonyl (C=O) groups is 1. The van der Waals surface area contributed by atoms with E-state index in [9.17, 15) is 4.79 Å². The van der Waals surface area contributed by atoms with Crippen molar-refractivity contribution >= 4 is 29.4 Å². The number of rotatable bonds is 5. The summed E-state index contributed by atoms with van der Waals surface area (Å²) in [5, 5.41) is 4.38. The van der Waals surface area contributed by atoms with Gasteiger partial charge in [-0.05, 0) is 42.5 Å². The van der Waals surface area contributed by atoms with Crippen LogP contribution in [0.4, 0.5) is 5.69 Å². The highest BCUT2D eigenvalue weighted by Crippen LogP contribution is 2.30. The molecule has 132 valence electrons. The highest BCUT2D eigenvalue weighted by atomic mass is 35.5. The van der Waals surface area contributed by atoms with Gasteiger partial charge < -0.3 is 14.9 Å². The summed E-state index contributed by atoms with van der Waals surface area (Å²) in [6.45, 7) is 0. The lowest BCUT2D eigenvalue weighted by molar-refractivity contribution is 0.0956. The van der Waals surface area contributed by atoms with Crippen LogP contribution in [0, 0.1) is 0 Å². The van der Waals surface area contributed by atoms with Gasteiger partial charge >= 0.3 is 0 Å². The summed E-state index contributed by atoms with van der Waals surface area (Å²) in [4.78, 5) is 12.0. The smallest absolute Gasteiger partial charge is 0.273 e. The Kier molecular flexibility index (Phi) is 5.24. The number of hydrogen-bond acceptors (Lipinski definition) is 5. The number of nitrogens with one attached hydrogen (secondary N) is 1. The maximum absolute atomic E-state index is 12.0. The number of nitrogens with zero attached hydrogens (tertiary/aromatic N) is 1. The number of amides is 1. The van der Waals surface area contributed by atoms with Gasteiger partial charge in [-0.1, -0.05) is 23.7 Å². The van der Waals surface area contributed by atoms with Gasteiger partial charge in [-0.2, -0.15) is 5.10 Å². The molecule has 0 aliphatic carbocycles. The molecule has 7 heteroatoms. The SMILES string of the molecule is COc1ccc(-c2ccc(/C=N\NC(=O)c3ccccc3N)o2)cc1Cl. The second-order valence-corrected chi connectivity index (χ2v) is 5.74. The first-order chi connectivity index (χ1) is 12.6. The van der Waals surface area contributed by atoms with Crippen LogP contribution in [0.15, 0.2) is 64.1 Å². The Morgan fingerprint density at radius 2 is 2.04 bits per heavy atom. The lowest BCUT2D eigenvalue weighted by Crippen LogP contribution is -2.18. The lowest BCUT2D eigenvalue weighted by Gasteiger charge is -2.04. The van der Waals surface area contributed by atoms with Crippen molar-refractivity contribution in [1.29, 1.82) is 0 Å². The summed E-state index contributed by atoms with van der Waals surface area (Å²) in [6, 6.07) is 15.6. The third-order valence-corrected chi connectivity index (χ3v) is 3.92. The van der Waals surface area contributed by atoms with E-state index in [1.165, 1.54) is 6.21 Å². The fraction of sp³-hybridized carbons (Fsp3) is 0.0526. The van der Waals surface area contributed by atoms with E-state index in [1.54, 1.807) is 55.6 Å². The van der Waals surface area contributed by atoms with Crippen molar-refractivity contribution in [3.8, 4) is 17.1 Å². The van der Waals surface area contributed by atoms with Crippen molar-refractivity contribution < 1.29 is 13.9 Å². The van der Waals surface area contributed by atoms with E-state index in [4.69, 9.17) is 26.5 Å². The van der Waals surface area contributed by atoms with Crippen molar-refractivity contribution in [1.82, 2.24) is 5.43 Å². The van der Waals surface area contributed by atoms with E-state index in [2.05, 4.69) is 10.5 Å². The number of ether oxygens (including phenoxy) is 1. The highest BCUT2D eigenvalue weighted by Gasteiger charge is 2.09. The largest absolute Gasteiger partial charge is 0.495 e. The minimum absolute atomic E-state index is 0.359. The number of furan rings is 1. The average molecular weight is 370 g/mol. The van der Waals surface area contributed by atoms with E-state index in [0.29, 0.717) is 33.5 Å². The second-order valence-electron chi connectivity index (χ2n) is 5.34. The molecule has 0 unspecified atom stereocenters. The minimum atomic E-state index is -0.395. The van der Waals surface area contributed by atoms with E-state index in [-0.39, 0.29) is 0 Å². The predicted molar refractivity (Wildman–Crippen MR) is 102 cm³/mol. The molecule has 3 rings (SSSR count). The normalized spacial score (nSPS) is 10.8. The molecule has 0 saturated carbocycles. The Bertz CT molecular complexity index is 966. The fourth-order valence-electron chi connectivity index (χ4n) is 2.32. The minimum Gasteiger partial charge on any atom is -0.495 e. The number of nitrogen functional groups attached to an aromatic ring is 1. The zero-order chi connectivity index (χ0) is 18.5. The molecule has 0 bridgehead atoms. The number of methoxy groups -OCH3 is 1. The summed E-state index contributed by atoms with van der Waals surface area (Å²) in [5.41, 5.74) is 9.72. The van der Waals surface area contributed by atoms with Crippen molar-refractivity contribution in [2.75, 3.05) is 12.8 Å². The van der Waals surface area contributed by atoms with Gasteiger partial charge in [-0.15, -0.1) is 0 Å². The molecule has 6 nitrogen and oxygen atoms in total. The number of hydrazone groups is 1. The van der Waals surface area contributed by atoms with Crippen molar-refractivity contribution in [2.45, 2.75) is 0 Å². The molecule has 0 fully saturated rings. The van der Waals surface area contributed by atoms with Crippen molar-refractivity contribution in [2.24, 2.45) is 5.10 Å². The monoisotopic (exact) mass is 369 g/mol. The molecule has 2 aromatic carbocycles. The lowest BCUT2D eigenvalue weighted by atomic mass is 10.2. The zero-order valence-electron chi connectivity index (χ0n) is 13.9. The first-order valence-corrected chi connectivity index (χ1v) is 8.08. The number of halogens is 1. The summed E-state index contributed by atoms with van der Waals surface area (Å²) in [7, 11) is 1.56. The van der Waals surface area contributed by atoms with Gasteiger partial charge in [0.2, 0.25) is 0 Å². The molecule has 0 aliphatic heterocycles. The van der Waals surface area contributed by atoms with E-state index >= 15 is 0 Å². The Morgan fingerprint density at radius 3 is 2.77 bits per heavy atom. The molecule has 26 heavy (non-hydrogen) atoms. The van der Waals surface area contributed by atoms with Gasteiger partial charge in [-0.25, -0.2) is 5.43 Å². The van der Waals surface area contributed by atoms with E-state index in [1.807, 2.05) is 6.07 Å². The third-order valence-electron chi connectivity index (χ3n) is 3.63. The van der Waals surface area contributed by atoms with Crippen LogP contribution in [0.2, 0.25) is 5.02 Å². The van der Waals surface area contributed by atoms with Gasteiger partial charge in [-0.3, -0.25) is 4.79 Å². The van der Waals surface area contributed by atoms with Crippen LogP contribution in [0.25, 0.3) is 11.3 Å². The topological polar surface area (TPSA) is 89.8 Å². The summed E-state index contributed by atoms with van der Waals surface area (Å²) in [5.74, 6) is 1.29. The predicted octanol–water partition coefficient (Wildman–Crippen LogP) is 3.95. The maximum atomic E-state index is 12.0. The molecular weight excluding hydrogens is 354 g/mol. The molecule has 0 spiro atoms. The number of anilines is 1. The van der Waals surface area contributed by atoms with Gasteiger partial charge in [0.25, 0.3) is 5.91 Å². The number of carbonyl (C=O) groups excluding carboxylic acids is 1. The molecule has 0 saturated heterocycles. The number of para-hydroxylation sites is 1. The summed E-state index contributed by atoms with van der Waals surface area (Å²) in [6.07, 6.45) is 1.41. The first-order valence-electron chi connectivity index (χ1n) is 7.70. The van der Waals surface area contributed by atoms with Crippen molar-refractivity contribution in [3.05, 3.63) is 70.9 Å². The zero-order valence-corrected chi connectivity index (χ0v) is 14.7. The standard InChI is InChI=1S/C19H16ClN3O3/c1-25-18-8-6-12(10-15(18)20)17-9-7-13(26-17)11-22-23-19(24)14-4-2-3-5-16(14)21/h2-11H,21H2,1H3,(H,23,24)/b22-11-. The molecule has 0 atom stereocenters. The molecule has 1 heterocycles. The Morgan fingerprint density at radius 1 is 1.23 bits per heavy atom. The van der Waals surface area contributed by atoms with Crippen LogP contribution in [0.5, 0.6) is 5.75 Å². The number of benzene rings is 2. The fourth-order valence-corrected chi connectivity index (χ4v) is 2.57. The molecule has 0 radical (unpaired) electrons. The molecule has 1 amide bonds. The highest BCUT2D eigenvalue weighted by molar-refractivity contribution is 6.32. The van der Waals surface area contributed by atoms with Gasteiger partial charge in [0.05, 0.1) is 23.9 Å². The molecule has 3 aromatic rings. The van der Waals surface area contributed by atoms with E-state index < -0.39 is 5.91 Å². The summed E-state index contributed by atoms with van der Waals surface area (Å²) >= 11 is 6.12. The summed E-state index contributed by atoms with van der Waals surface area (Å²) < 4.78 is 10.8. The van der Waals surface area contributed by atoms with Crippen LogP contribution in [-0.2, 0) is 0 Å². The molecular formula is C19H16ClN3O3. The second kappa shape index (κ2) is 7.76. The maximum Gasteiger partial charge on any atom is 0.273 e. The van der Waals surface area contributed by atoms with Crippen LogP contribution in [-0.4, -0.2) is 19.2 Å². The molecule has 1 aromatic heterocycles. The average Bonchev–Trinajstić information content (AvgIpc) is 3.11. The van der Waals surface area contributed by atoms with Crippen LogP contribution >= 0.6 is 11.6 Å². The van der Waals surface area contributed by atoms with Gasteiger partial charge in [0, 0.05) is 11.3 Å². The Labute approximate surface area is 155 Å². The third kappa shape index (κ3) is 3.87.